The Bertz CT molecular complexity index is 382. The number of carbonyl (C=O) groups is 2. The van der Waals surface area contributed by atoms with Crippen molar-refractivity contribution in [2.75, 3.05) is 4.90 Å². The van der Waals surface area contributed by atoms with Gasteiger partial charge in [-0.3, -0.25) is 9.59 Å². The van der Waals surface area contributed by atoms with E-state index in [-0.39, 0.29) is 11.1 Å². The molecule has 1 aromatic carbocycles. The Morgan fingerprint density at radius 2 is 1.86 bits per heavy atom. The predicted octanol–water partition coefficient (Wildman–Crippen LogP) is 2.61. The zero-order valence-electron chi connectivity index (χ0n) is 7.01. The second-order valence-electron chi connectivity index (χ2n) is 2.71. The highest BCUT2D eigenvalue weighted by Gasteiger charge is 2.38. The van der Waals surface area contributed by atoms with Gasteiger partial charge in [0.25, 0.3) is 11.1 Å². The van der Waals surface area contributed by atoms with Crippen LogP contribution in [0.15, 0.2) is 30.3 Å². The lowest BCUT2D eigenvalue weighted by Crippen LogP contribution is -2.29. The Kier molecular flexibility index (Phi) is 2.60. The summed E-state index contributed by atoms with van der Waals surface area (Å²) >= 11 is 4.12. The molecule has 1 aliphatic rings. The smallest absolute Gasteiger partial charge is 0.272 e. The van der Waals surface area contributed by atoms with E-state index in [4.69, 9.17) is 0 Å². The van der Waals surface area contributed by atoms with Crippen LogP contribution < -0.4 is 4.90 Å². The standard InChI is InChI=1S/C9H6BrNO2S/c10-7-8(12)11(9(13)14-7)6-4-2-1-3-5-6/h1-5,7H/t7-/m1/s1. The largest absolute Gasteiger partial charge is 0.294 e. The molecule has 0 radical (unpaired) electrons. The first kappa shape index (κ1) is 9.73. The van der Waals surface area contributed by atoms with E-state index in [9.17, 15) is 9.59 Å². The molecule has 3 nitrogen and oxygen atoms in total. The number of hydrogen-bond acceptors (Lipinski definition) is 3. The van der Waals surface area contributed by atoms with Gasteiger partial charge in [-0.2, -0.15) is 0 Å². The van der Waals surface area contributed by atoms with Crippen LogP contribution in [0.25, 0.3) is 0 Å². The predicted molar refractivity (Wildman–Crippen MR) is 59.6 cm³/mol. The van der Waals surface area contributed by atoms with Crippen LogP contribution in [0.2, 0.25) is 0 Å². The van der Waals surface area contributed by atoms with E-state index in [0.29, 0.717) is 5.69 Å². The van der Waals surface area contributed by atoms with Crippen LogP contribution in [0.1, 0.15) is 0 Å². The summed E-state index contributed by atoms with van der Waals surface area (Å²) in [7, 11) is 0. The van der Waals surface area contributed by atoms with Gasteiger partial charge >= 0.3 is 0 Å². The van der Waals surface area contributed by atoms with Crippen LogP contribution in [-0.2, 0) is 4.79 Å². The SMILES string of the molecule is O=C1S[C@@H](Br)C(=O)N1c1ccccc1. The van der Waals surface area contributed by atoms with Crippen molar-refractivity contribution in [3.05, 3.63) is 30.3 Å². The molecule has 2 rings (SSSR count). The van der Waals surface area contributed by atoms with Gasteiger partial charge in [-0.25, -0.2) is 4.90 Å². The zero-order valence-corrected chi connectivity index (χ0v) is 9.42. The molecule has 0 aliphatic carbocycles. The molecule has 1 heterocycles. The van der Waals surface area contributed by atoms with E-state index in [1.54, 1.807) is 24.3 Å². The van der Waals surface area contributed by atoms with Crippen LogP contribution in [0.3, 0.4) is 0 Å². The number of alkyl halides is 1. The quantitative estimate of drug-likeness (QED) is 0.737. The van der Waals surface area contributed by atoms with Gasteiger partial charge in [0.15, 0.2) is 0 Å². The molecule has 2 amide bonds. The Hall–Kier alpha value is -0.810. The van der Waals surface area contributed by atoms with E-state index in [0.717, 1.165) is 11.8 Å². The normalized spacial score (nSPS) is 21.8. The number of imide groups is 1. The molecule has 0 saturated carbocycles. The van der Waals surface area contributed by atoms with Gasteiger partial charge in [0.05, 0.1) is 5.69 Å². The number of rotatable bonds is 1. The number of para-hydroxylation sites is 1. The molecule has 0 spiro atoms. The molecule has 72 valence electrons. The highest BCUT2D eigenvalue weighted by molar-refractivity contribution is 9.12. The van der Waals surface area contributed by atoms with Crippen LogP contribution in [0, 0.1) is 0 Å². The van der Waals surface area contributed by atoms with Gasteiger partial charge in [-0.1, -0.05) is 34.1 Å². The van der Waals surface area contributed by atoms with Gasteiger partial charge in [-0.15, -0.1) is 0 Å². The summed E-state index contributed by atoms with van der Waals surface area (Å²) in [6.45, 7) is 0. The molecule has 0 bridgehead atoms. The van der Waals surface area contributed by atoms with Crippen molar-refractivity contribution in [3.63, 3.8) is 0 Å². The molecule has 1 aliphatic heterocycles. The summed E-state index contributed by atoms with van der Waals surface area (Å²) in [6, 6.07) is 8.90. The summed E-state index contributed by atoms with van der Waals surface area (Å²) in [5, 5.41) is -0.233. The molecule has 0 aromatic heterocycles. The van der Waals surface area contributed by atoms with E-state index in [1.165, 1.54) is 4.90 Å². The fraction of sp³-hybridized carbons (Fsp3) is 0.111. The molecule has 1 atom stereocenters. The van der Waals surface area contributed by atoms with E-state index in [2.05, 4.69) is 15.9 Å². The summed E-state index contributed by atoms with van der Waals surface area (Å²) in [5.74, 6) is -0.216. The third-order valence-corrected chi connectivity index (χ3v) is 3.56. The van der Waals surface area contributed by atoms with Crippen molar-refractivity contribution in [2.24, 2.45) is 0 Å². The van der Waals surface area contributed by atoms with E-state index in [1.807, 2.05) is 6.07 Å². The number of hydrogen-bond donors (Lipinski definition) is 0. The maximum absolute atomic E-state index is 11.6. The lowest BCUT2D eigenvalue weighted by atomic mass is 10.3. The molecule has 1 aromatic rings. The molecule has 14 heavy (non-hydrogen) atoms. The highest BCUT2D eigenvalue weighted by atomic mass is 79.9. The lowest BCUT2D eigenvalue weighted by molar-refractivity contribution is -0.115. The maximum atomic E-state index is 11.6. The fourth-order valence-corrected chi connectivity index (χ4v) is 2.56. The average molecular weight is 272 g/mol. The summed E-state index contributed by atoms with van der Waals surface area (Å²) in [4.78, 5) is 24.2. The number of halogens is 1. The molecule has 1 saturated heterocycles. The minimum Gasteiger partial charge on any atom is -0.272 e. The van der Waals surface area contributed by atoms with E-state index < -0.39 is 4.16 Å². The Morgan fingerprint density at radius 1 is 1.21 bits per heavy atom. The summed E-state index contributed by atoms with van der Waals surface area (Å²) in [5.41, 5.74) is 0.622. The third kappa shape index (κ3) is 1.57. The topological polar surface area (TPSA) is 37.4 Å². The van der Waals surface area contributed by atoms with Crippen molar-refractivity contribution in [3.8, 4) is 0 Å². The zero-order chi connectivity index (χ0) is 10.1. The number of carbonyl (C=O) groups excluding carboxylic acids is 2. The molecular formula is C9H6BrNO2S. The van der Waals surface area contributed by atoms with E-state index >= 15 is 0 Å². The first-order valence-electron chi connectivity index (χ1n) is 3.94. The molecular weight excluding hydrogens is 266 g/mol. The van der Waals surface area contributed by atoms with Gasteiger partial charge in [0.1, 0.15) is 4.16 Å². The average Bonchev–Trinajstić information content (AvgIpc) is 2.43. The number of benzene rings is 1. The first-order chi connectivity index (χ1) is 6.70. The minimum absolute atomic E-state index is 0.216. The molecule has 0 N–H and O–H groups in total. The number of amides is 2. The summed E-state index contributed by atoms with van der Waals surface area (Å²) in [6.07, 6.45) is 0. The minimum atomic E-state index is -0.449. The van der Waals surface area contributed by atoms with Crippen molar-refractivity contribution >= 4 is 44.5 Å². The second kappa shape index (κ2) is 3.74. The molecule has 0 unspecified atom stereocenters. The van der Waals surface area contributed by atoms with Crippen LogP contribution in [-0.4, -0.2) is 15.3 Å². The van der Waals surface area contributed by atoms with Crippen molar-refractivity contribution in [2.45, 2.75) is 4.16 Å². The Labute approximate surface area is 93.6 Å². The number of nitrogens with zero attached hydrogens (tertiary/aromatic N) is 1. The van der Waals surface area contributed by atoms with Crippen molar-refractivity contribution in [1.29, 1.82) is 0 Å². The fourth-order valence-electron chi connectivity index (χ4n) is 1.19. The first-order valence-corrected chi connectivity index (χ1v) is 5.73. The number of thioether (sulfide) groups is 1. The lowest BCUT2D eigenvalue weighted by Gasteiger charge is -2.11. The Balaban J connectivity index is 2.36. The van der Waals surface area contributed by atoms with Crippen LogP contribution in [0.4, 0.5) is 10.5 Å². The van der Waals surface area contributed by atoms with Gasteiger partial charge in [0.2, 0.25) is 0 Å². The van der Waals surface area contributed by atoms with Crippen LogP contribution in [0.5, 0.6) is 0 Å². The number of anilines is 1. The van der Waals surface area contributed by atoms with Gasteiger partial charge in [-0.05, 0) is 23.9 Å². The van der Waals surface area contributed by atoms with Crippen LogP contribution >= 0.6 is 27.7 Å². The summed E-state index contributed by atoms with van der Waals surface area (Å²) < 4.78 is -0.449. The molecule has 1 fully saturated rings. The second-order valence-corrected chi connectivity index (χ2v) is 5.29. The molecule has 5 heteroatoms. The monoisotopic (exact) mass is 271 g/mol. The Morgan fingerprint density at radius 3 is 2.36 bits per heavy atom. The van der Waals surface area contributed by atoms with Crippen molar-refractivity contribution < 1.29 is 9.59 Å². The van der Waals surface area contributed by atoms with Crippen molar-refractivity contribution in [1.82, 2.24) is 0 Å². The third-order valence-electron chi connectivity index (χ3n) is 1.82. The van der Waals surface area contributed by atoms with Gasteiger partial charge in [0, 0.05) is 0 Å². The highest BCUT2D eigenvalue weighted by Crippen LogP contribution is 2.34. The van der Waals surface area contributed by atoms with Gasteiger partial charge < -0.3 is 0 Å². The maximum Gasteiger partial charge on any atom is 0.294 e.